The van der Waals surface area contributed by atoms with Crippen LogP contribution in [0.15, 0.2) is 24.3 Å². The molecule has 0 saturated heterocycles. The highest BCUT2D eigenvalue weighted by Gasteiger charge is 2.24. The minimum atomic E-state index is -0.905. The van der Waals surface area contributed by atoms with Gasteiger partial charge < -0.3 is 9.84 Å². The molecule has 0 amide bonds. The molecule has 0 fully saturated rings. The number of aromatic nitrogens is 1. The molecule has 0 spiro atoms. The summed E-state index contributed by atoms with van der Waals surface area (Å²) in [6, 6.07) is 7.82. The van der Waals surface area contributed by atoms with E-state index in [-0.39, 0.29) is 5.41 Å². The Bertz CT molecular complexity index is 684. The van der Waals surface area contributed by atoms with E-state index >= 15 is 0 Å². The van der Waals surface area contributed by atoms with Gasteiger partial charge in [-0.3, -0.25) is 0 Å². The van der Waals surface area contributed by atoms with Crippen molar-refractivity contribution in [3.63, 3.8) is 0 Å². The third kappa shape index (κ3) is 4.81. The third-order valence-corrected chi connectivity index (χ3v) is 5.11. The number of thiazole rings is 1. The molecule has 24 heavy (non-hydrogen) atoms. The van der Waals surface area contributed by atoms with E-state index in [0.29, 0.717) is 17.0 Å². The summed E-state index contributed by atoms with van der Waals surface area (Å²) in [7, 11) is 0. The number of benzene rings is 1. The monoisotopic (exact) mass is 347 g/mol. The van der Waals surface area contributed by atoms with Gasteiger partial charge in [-0.1, -0.05) is 46.2 Å². The largest absolute Gasteiger partial charge is 0.494 e. The normalized spacial score (nSPS) is 11.5. The Kier molecular flexibility index (Phi) is 5.99. The Morgan fingerprint density at radius 3 is 2.46 bits per heavy atom. The van der Waals surface area contributed by atoms with Crippen molar-refractivity contribution in [3.05, 3.63) is 45.4 Å². The van der Waals surface area contributed by atoms with E-state index in [2.05, 4.69) is 11.9 Å². The van der Waals surface area contributed by atoms with Gasteiger partial charge in [-0.15, -0.1) is 11.3 Å². The third-order valence-electron chi connectivity index (χ3n) is 3.59. The molecule has 1 heterocycles. The lowest BCUT2D eigenvalue weighted by molar-refractivity contribution is 0.0701. The number of hydrogen-bond donors (Lipinski definition) is 1. The molecule has 0 atom stereocenters. The average Bonchev–Trinajstić information content (AvgIpc) is 2.93. The van der Waals surface area contributed by atoms with Gasteiger partial charge >= 0.3 is 5.97 Å². The second-order valence-electron chi connectivity index (χ2n) is 6.87. The zero-order valence-corrected chi connectivity index (χ0v) is 15.6. The van der Waals surface area contributed by atoms with Crippen LogP contribution in [0.25, 0.3) is 0 Å². The Morgan fingerprint density at radius 2 is 1.92 bits per heavy atom. The quantitative estimate of drug-likeness (QED) is 0.723. The van der Waals surface area contributed by atoms with Crippen LogP contribution in [0.3, 0.4) is 0 Å². The molecule has 2 rings (SSSR count). The summed E-state index contributed by atoms with van der Waals surface area (Å²) in [5.41, 5.74) is 1.52. The van der Waals surface area contributed by atoms with Gasteiger partial charge in [-0.2, -0.15) is 0 Å². The van der Waals surface area contributed by atoms with Gasteiger partial charge in [0.25, 0.3) is 0 Å². The zero-order chi connectivity index (χ0) is 17.7. The second-order valence-corrected chi connectivity index (χ2v) is 7.87. The van der Waals surface area contributed by atoms with E-state index in [1.54, 1.807) is 0 Å². The fraction of sp³-hybridized carbons (Fsp3) is 0.474. The summed E-state index contributed by atoms with van der Waals surface area (Å²) in [5, 5.41) is 10.3. The SMILES string of the molecule is CCCCOc1ccc(Cc2nc(C(C)(C)C)sc2C(=O)O)cc1. The van der Waals surface area contributed by atoms with Crippen LogP contribution in [-0.2, 0) is 11.8 Å². The summed E-state index contributed by atoms with van der Waals surface area (Å²) in [6.07, 6.45) is 2.66. The maximum Gasteiger partial charge on any atom is 0.347 e. The molecule has 0 radical (unpaired) electrons. The molecule has 5 heteroatoms. The van der Waals surface area contributed by atoms with Crippen LogP contribution < -0.4 is 4.74 Å². The first-order chi connectivity index (χ1) is 11.3. The summed E-state index contributed by atoms with van der Waals surface area (Å²) in [4.78, 5) is 16.4. The van der Waals surface area contributed by atoms with Crippen molar-refractivity contribution < 1.29 is 14.6 Å². The zero-order valence-electron chi connectivity index (χ0n) is 14.8. The van der Waals surface area contributed by atoms with E-state index in [1.165, 1.54) is 11.3 Å². The summed E-state index contributed by atoms with van der Waals surface area (Å²) >= 11 is 1.28. The highest BCUT2D eigenvalue weighted by molar-refractivity contribution is 7.13. The maximum absolute atomic E-state index is 11.5. The molecule has 0 aliphatic carbocycles. The fourth-order valence-electron chi connectivity index (χ4n) is 2.19. The highest BCUT2D eigenvalue weighted by atomic mass is 32.1. The topological polar surface area (TPSA) is 59.4 Å². The smallest absolute Gasteiger partial charge is 0.347 e. The maximum atomic E-state index is 11.5. The Labute approximate surface area is 147 Å². The first-order valence-corrected chi connectivity index (χ1v) is 9.08. The number of hydrogen-bond acceptors (Lipinski definition) is 4. The molecule has 0 unspecified atom stereocenters. The van der Waals surface area contributed by atoms with Gasteiger partial charge in [0.1, 0.15) is 10.6 Å². The molecule has 1 aromatic carbocycles. The first kappa shape index (κ1) is 18.5. The van der Waals surface area contributed by atoms with Crippen molar-refractivity contribution in [2.45, 2.75) is 52.4 Å². The van der Waals surface area contributed by atoms with E-state index in [1.807, 2.05) is 45.0 Å². The van der Waals surface area contributed by atoms with Crippen molar-refractivity contribution in [2.24, 2.45) is 0 Å². The van der Waals surface area contributed by atoms with Crippen LogP contribution in [-0.4, -0.2) is 22.7 Å². The Hall–Kier alpha value is -1.88. The summed E-state index contributed by atoms with van der Waals surface area (Å²) in [6.45, 7) is 8.99. The standard InChI is InChI=1S/C19H25NO3S/c1-5-6-11-23-14-9-7-13(8-10-14)12-15-16(17(21)22)24-18(20-15)19(2,3)4/h7-10H,5-6,11-12H2,1-4H3,(H,21,22). The predicted molar refractivity (Wildman–Crippen MR) is 97.4 cm³/mol. The molecule has 0 aliphatic heterocycles. The van der Waals surface area contributed by atoms with Crippen molar-refractivity contribution in [1.82, 2.24) is 4.98 Å². The molecule has 1 N–H and O–H groups in total. The van der Waals surface area contributed by atoms with Crippen molar-refractivity contribution in [3.8, 4) is 5.75 Å². The van der Waals surface area contributed by atoms with Gasteiger partial charge in [-0.25, -0.2) is 9.78 Å². The average molecular weight is 347 g/mol. The van der Waals surface area contributed by atoms with Gasteiger partial charge in [0, 0.05) is 11.8 Å². The molecule has 0 saturated carbocycles. The lowest BCUT2D eigenvalue weighted by Crippen LogP contribution is -2.10. The van der Waals surface area contributed by atoms with Crippen molar-refractivity contribution in [1.29, 1.82) is 0 Å². The van der Waals surface area contributed by atoms with E-state index < -0.39 is 5.97 Å². The number of rotatable bonds is 7. The van der Waals surface area contributed by atoms with Crippen molar-refractivity contribution >= 4 is 17.3 Å². The van der Waals surface area contributed by atoms with Crippen molar-refractivity contribution in [2.75, 3.05) is 6.61 Å². The molecular weight excluding hydrogens is 322 g/mol. The van der Waals surface area contributed by atoms with E-state index in [9.17, 15) is 9.90 Å². The van der Waals surface area contributed by atoms with Gasteiger partial charge in [-0.05, 0) is 24.1 Å². The number of ether oxygens (including phenoxy) is 1. The van der Waals surface area contributed by atoms with Crippen LogP contribution in [0.5, 0.6) is 5.75 Å². The number of carboxylic acids is 1. The molecule has 0 bridgehead atoms. The lowest BCUT2D eigenvalue weighted by Gasteiger charge is -2.13. The minimum absolute atomic E-state index is 0.149. The van der Waals surface area contributed by atoms with Crippen LogP contribution in [0.1, 0.15) is 66.5 Å². The minimum Gasteiger partial charge on any atom is -0.494 e. The number of nitrogens with zero attached hydrogens (tertiary/aromatic N) is 1. The Balaban J connectivity index is 2.15. The van der Waals surface area contributed by atoms with Crippen LogP contribution in [0, 0.1) is 0 Å². The summed E-state index contributed by atoms with van der Waals surface area (Å²) in [5.74, 6) is -0.0585. The molecule has 2 aromatic rings. The lowest BCUT2D eigenvalue weighted by atomic mass is 9.98. The predicted octanol–water partition coefficient (Wildman–Crippen LogP) is 4.91. The molecule has 1 aromatic heterocycles. The first-order valence-electron chi connectivity index (χ1n) is 8.26. The molecule has 130 valence electrons. The van der Waals surface area contributed by atoms with Crippen LogP contribution >= 0.6 is 11.3 Å². The Morgan fingerprint density at radius 1 is 1.25 bits per heavy atom. The van der Waals surface area contributed by atoms with Gasteiger partial charge in [0.05, 0.1) is 17.3 Å². The number of unbranched alkanes of at least 4 members (excludes halogenated alkanes) is 1. The van der Waals surface area contributed by atoms with Gasteiger partial charge in [0.15, 0.2) is 0 Å². The van der Waals surface area contributed by atoms with Crippen LogP contribution in [0.2, 0.25) is 0 Å². The van der Waals surface area contributed by atoms with E-state index in [4.69, 9.17) is 4.74 Å². The van der Waals surface area contributed by atoms with Crippen LogP contribution in [0.4, 0.5) is 0 Å². The molecule has 0 aliphatic rings. The fourth-order valence-corrected chi connectivity index (χ4v) is 3.17. The van der Waals surface area contributed by atoms with Gasteiger partial charge in [0.2, 0.25) is 0 Å². The number of carbonyl (C=O) groups is 1. The second kappa shape index (κ2) is 7.79. The number of carboxylic acid groups (broad SMARTS) is 1. The highest BCUT2D eigenvalue weighted by Crippen LogP contribution is 2.30. The molecule has 4 nitrogen and oxygen atoms in total. The van der Waals surface area contributed by atoms with E-state index in [0.717, 1.165) is 35.8 Å². The summed E-state index contributed by atoms with van der Waals surface area (Å²) < 4.78 is 5.65. The number of aromatic carboxylic acids is 1. The molecular formula is C19H25NO3S.